The predicted octanol–water partition coefficient (Wildman–Crippen LogP) is 4.39. The van der Waals surface area contributed by atoms with Crippen LogP contribution in [0.1, 0.15) is 56.9 Å². The van der Waals surface area contributed by atoms with Crippen molar-refractivity contribution in [3.8, 4) is 11.4 Å². The number of rotatable bonds is 10. The highest BCUT2D eigenvalue weighted by Crippen LogP contribution is 2.18. The highest BCUT2D eigenvalue weighted by Gasteiger charge is 2.11. The Morgan fingerprint density at radius 2 is 1.77 bits per heavy atom. The number of guanidine groups is 1. The van der Waals surface area contributed by atoms with Crippen LogP contribution in [0.5, 0.6) is 0 Å². The van der Waals surface area contributed by atoms with E-state index in [1.807, 2.05) is 12.1 Å². The Kier molecular flexibility index (Phi) is 9.73. The lowest BCUT2D eigenvalue weighted by molar-refractivity contribution is 0.333. The van der Waals surface area contributed by atoms with E-state index >= 15 is 0 Å². The van der Waals surface area contributed by atoms with Crippen molar-refractivity contribution in [3.63, 3.8) is 0 Å². The minimum absolute atomic E-state index is 0. The molecule has 0 fully saturated rings. The van der Waals surface area contributed by atoms with Gasteiger partial charge in [-0.05, 0) is 18.4 Å². The third-order valence-electron chi connectivity index (χ3n) is 4.28. The molecule has 2 aromatic rings. The first-order valence-corrected chi connectivity index (χ1v) is 9.07. The summed E-state index contributed by atoms with van der Waals surface area (Å²) in [5, 5.41) is 11.4. The van der Waals surface area contributed by atoms with Crippen LogP contribution >= 0.6 is 12.4 Å². The lowest BCUT2D eigenvalue weighted by atomic mass is 10.0. The van der Waals surface area contributed by atoms with Gasteiger partial charge in [0.1, 0.15) is 0 Å². The largest absolute Gasteiger partial charge is 0.370 e. The fourth-order valence-electron chi connectivity index (χ4n) is 2.65. The molecule has 0 aliphatic rings. The molecule has 0 saturated heterocycles. The Morgan fingerprint density at radius 3 is 2.42 bits per heavy atom. The maximum absolute atomic E-state index is 7.36. The molecule has 6 nitrogen and oxygen atoms in total. The number of benzene rings is 1. The third-order valence-corrected chi connectivity index (χ3v) is 4.28. The number of hydrogen-bond donors (Lipinski definition) is 2. The van der Waals surface area contributed by atoms with E-state index < -0.39 is 0 Å². The van der Waals surface area contributed by atoms with Crippen molar-refractivity contribution in [3.05, 3.63) is 35.7 Å². The van der Waals surface area contributed by atoms with Gasteiger partial charge in [0.15, 0.2) is 5.96 Å². The zero-order valence-electron chi connectivity index (χ0n) is 15.7. The molecular weight excluding hydrogens is 350 g/mol. The molecule has 1 aromatic heterocycles. The smallest absolute Gasteiger partial charge is 0.246 e. The monoisotopic (exact) mass is 379 g/mol. The standard InChI is InChI=1S/C19H29N5O.ClH/c1-3-4-5-6-7-8-9-15-10-12-16(13-11-15)18-22-17(25-23-18)14-24(2)19(20)21;/h10-13H,3-9,14H2,1-2H3,(H3,20,21);1H. The van der Waals surface area contributed by atoms with Crippen LogP contribution in [0.15, 0.2) is 28.8 Å². The average molecular weight is 380 g/mol. The van der Waals surface area contributed by atoms with E-state index in [1.165, 1.54) is 44.1 Å². The van der Waals surface area contributed by atoms with Crippen molar-refractivity contribution < 1.29 is 4.52 Å². The van der Waals surface area contributed by atoms with Crippen LogP contribution in [0.3, 0.4) is 0 Å². The summed E-state index contributed by atoms with van der Waals surface area (Å²) in [6.07, 6.45) is 9.01. The lowest BCUT2D eigenvalue weighted by Gasteiger charge is -2.12. The topological polar surface area (TPSA) is 92.0 Å². The fraction of sp³-hybridized carbons (Fsp3) is 0.526. The molecule has 0 unspecified atom stereocenters. The number of aryl methyl sites for hydroxylation is 1. The Labute approximate surface area is 162 Å². The van der Waals surface area contributed by atoms with Crippen molar-refractivity contribution in [2.24, 2.45) is 5.73 Å². The van der Waals surface area contributed by atoms with Crippen molar-refractivity contribution in [2.75, 3.05) is 7.05 Å². The molecule has 26 heavy (non-hydrogen) atoms. The quantitative estimate of drug-likeness (QED) is 0.363. The van der Waals surface area contributed by atoms with E-state index in [9.17, 15) is 0 Å². The molecule has 2 rings (SSSR count). The molecule has 7 heteroatoms. The molecule has 0 aliphatic heterocycles. The highest BCUT2D eigenvalue weighted by atomic mass is 35.5. The van der Waals surface area contributed by atoms with Gasteiger partial charge in [0, 0.05) is 12.6 Å². The number of hydrogen-bond acceptors (Lipinski definition) is 4. The van der Waals surface area contributed by atoms with Gasteiger partial charge in [-0.15, -0.1) is 12.4 Å². The SMILES string of the molecule is CCCCCCCCc1ccc(-c2noc(CN(C)C(=N)N)n2)cc1.Cl. The first-order valence-electron chi connectivity index (χ1n) is 9.07. The van der Waals surface area contributed by atoms with Gasteiger partial charge in [0.05, 0.1) is 6.54 Å². The third kappa shape index (κ3) is 7.04. The number of halogens is 1. The molecule has 0 radical (unpaired) electrons. The second-order valence-electron chi connectivity index (χ2n) is 6.47. The molecule has 0 atom stereocenters. The van der Waals surface area contributed by atoms with E-state index in [4.69, 9.17) is 15.7 Å². The Morgan fingerprint density at radius 1 is 1.12 bits per heavy atom. The van der Waals surface area contributed by atoms with Crippen LogP contribution < -0.4 is 5.73 Å². The van der Waals surface area contributed by atoms with Crippen molar-refractivity contribution in [2.45, 2.75) is 58.4 Å². The summed E-state index contributed by atoms with van der Waals surface area (Å²) in [5.41, 5.74) is 7.70. The van der Waals surface area contributed by atoms with Crippen LogP contribution in [-0.2, 0) is 13.0 Å². The molecule has 0 saturated carbocycles. The molecular formula is C19H30ClN5O. The van der Waals surface area contributed by atoms with Crippen LogP contribution in [0.4, 0.5) is 0 Å². The number of nitrogens with one attached hydrogen (secondary N) is 1. The summed E-state index contributed by atoms with van der Waals surface area (Å²) in [4.78, 5) is 5.91. The molecule has 3 N–H and O–H groups in total. The summed E-state index contributed by atoms with van der Waals surface area (Å²) in [6.45, 7) is 2.58. The van der Waals surface area contributed by atoms with Gasteiger partial charge >= 0.3 is 0 Å². The normalized spacial score (nSPS) is 10.4. The maximum Gasteiger partial charge on any atom is 0.246 e. The van der Waals surface area contributed by atoms with Crippen molar-refractivity contribution >= 4 is 18.4 Å². The van der Waals surface area contributed by atoms with E-state index in [0.29, 0.717) is 18.3 Å². The van der Waals surface area contributed by atoms with E-state index in [1.54, 1.807) is 11.9 Å². The minimum Gasteiger partial charge on any atom is -0.370 e. The van der Waals surface area contributed by atoms with Crippen molar-refractivity contribution in [1.82, 2.24) is 15.0 Å². The molecule has 144 valence electrons. The van der Waals surface area contributed by atoms with Gasteiger partial charge < -0.3 is 15.2 Å². The zero-order chi connectivity index (χ0) is 18.1. The predicted molar refractivity (Wildman–Crippen MR) is 107 cm³/mol. The van der Waals surface area contributed by atoms with E-state index in [2.05, 4.69) is 29.2 Å². The second-order valence-corrected chi connectivity index (χ2v) is 6.47. The summed E-state index contributed by atoms with van der Waals surface area (Å²) in [6, 6.07) is 8.35. The highest BCUT2D eigenvalue weighted by molar-refractivity contribution is 5.85. The Bertz CT molecular complexity index is 656. The summed E-state index contributed by atoms with van der Waals surface area (Å²) in [7, 11) is 1.71. The molecule has 0 aliphatic carbocycles. The van der Waals surface area contributed by atoms with E-state index in [-0.39, 0.29) is 18.4 Å². The number of nitrogens with zero attached hydrogens (tertiary/aromatic N) is 3. The van der Waals surface area contributed by atoms with Gasteiger partial charge in [-0.3, -0.25) is 5.41 Å². The van der Waals surface area contributed by atoms with Crippen LogP contribution in [0.25, 0.3) is 11.4 Å². The zero-order valence-corrected chi connectivity index (χ0v) is 16.5. The molecule has 0 bridgehead atoms. The van der Waals surface area contributed by atoms with Crippen molar-refractivity contribution in [1.29, 1.82) is 5.41 Å². The van der Waals surface area contributed by atoms with Gasteiger partial charge in [-0.2, -0.15) is 4.98 Å². The van der Waals surface area contributed by atoms with Gasteiger partial charge in [-0.1, -0.05) is 68.4 Å². The average Bonchev–Trinajstić information content (AvgIpc) is 3.07. The molecule has 0 spiro atoms. The van der Waals surface area contributed by atoms with E-state index in [0.717, 1.165) is 12.0 Å². The summed E-state index contributed by atoms with van der Waals surface area (Å²) in [5.74, 6) is 0.987. The number of unbranched alkanes of at least 4 members (excludes halogenated alkanes) is 5. The first-order chi connectivity index (χ1) is 12.1. The number of aromatic nitrogens is 2. The lowest BCUT2D eigenvalue weighted by Crippen LogP contribution is -2.32. The maximum atomic E-state index is 7.36. The van der Waals surface area contributed by atoms with Crippen LogP contribution in [-0.4, -0.2) is 28.0 Å². The van der Waals surface area contributed by atoms with Gasteiger partial charge in [0.25, 0.3) is 0 Å². The van der Waals surface area contributed by atoms with Gasteiger partial charge in [0.2, 0.25) is 11.7 Å². The first kappa shape index (κ1) is 22.0. The summed E-state index contributed by atoms with van der Waals surface area (Å²) >= 11 is 0. The van der Waals surface area contributed by atoms with Crippen LogP contribution in [0, 0.1) is 5.41 Å². The Hall–Kier alpha value is -2.08. The Balaban J connectivity index is 0.00000338. The summed E-state index contributed by atoms with van der Waals surface area (Å²) < 4.78 is 5.23. The van der Waals surface area contributed by atoms with Gasteiger partial charge in [-0.25, -0.2) is 0 Å². The van der Waals surface area contributed by atoms with Crippen LogP contribution in [0.2, 0.25) is 0 Å². The molecule has 1 heterocycles. The minimum atomic E-state index is -0.0289. The second kappa shape index (κ2) is 11.5. The number of nitrogens with two attached hydrogens (primary N) is 1. The fourth-order valence-corrected chi connectivity index (χ4v) is 2.65. The molecule has 0 amide bonds. The molecule has 1 aromatic carbocycles.